The van der Waals surface area contributed by atoms with Crippen molar-refractivity contribution in [3.8, 4) is 0 Å². The lowest BCUT2D eigenvalue weighted by atomic mass is 9.84. The Kier molecular flexibility index (Phi) is 17.8. The molecule has 1 nitrogen and oxygen atoms in total. The van der Waals surface area contributed by atoms with Crippen LogP contribution in [0.15, 0.2) is 0 Å². The summed E-state index contributed by atoms with van der Waals surface area (Å²) in [7, 11) is 0. The highest BCUT2D eigenvalue weighted by Crippen LogP contribution is 2.26. The standard InChI is InChI=1S/C27H57N/c1-8-11-13-14-15-16-17-18-21-28(24-26(10-3)19-12-9-2)22-20-25(4)23-27(5,6)7/h25-26H,8-24H2,1-7H3. The second kappa shape index (κ2) is 17.8. The molecule has 0 aromatic heterocycles. The average Bonchev–Trinajstić information content (AvgIpc) is 2.63. The van der Waals surface area contributed by atoms with Crippen LogP contribution >= 0.6 is 0 Å². The van der Waals surface area contributed by atoms with E-state index in [0.29, 0.717) is 5.41 Å². The lowest BCUT2D eigenvalue weighted by Gasteiger charge is -2.30. The van der Waals surface area contributed by atoms with Crippen LogP contribution in [0.2, 0.25) is 0 Å². The summed E-state index contributed by atoms with van der Waals surface area (Å²) in [4.78, 5) is 2.83. The Hall–Kier alpha value is -0.0400. The van der Waals surface area contributed by atoms with Gasteiger partial charge in [0.1, 0.15) is 0 Å². The molecule has 0 N–H and O–H groups in total. The minimum absolute atomic E-state index is 0.467. The van der Waals surface area contributed by atoms with Gasteiger partial charge in [0.25, 0.3) is 0 Å². The zero-order valence-corrected chi connectivity index (χ0v) is 21.1. The van der Waals surface area contributed by atoms with Crippen molar-refractivity contribution >= 4 is 0 Å². The van der Waals surface area contributed by atoms with Gasteiger partial charge < -0.3 is 4.90 Å². The minimum Gasteiger partial charge on any atom is -0.303 e. The smallest absolute Gasteiger partial charge is 0.000956 e. The Bertz CT molecular complexity index is 317. The molecule has 0 fully saturated rings. The Balaban J connectivity index is 4.30. The Morgan fingerprint density at radius 2 is 1.25 bits per heavy atom. The molecule has 0 saturated heterocycles. The molecule has 0 aromatic rings. The van der Waals surface area contributed by atoms with Crippen LogP contribution in [-0.4, -0.2) is 24.5 Å². The van der Waals surface area contributed by atoms with Gasteiger partial charge in [0, 0.05) is 6.54 Å². The van der Waals surface area contributed by atoms with Gasteiger partial charge in [-0.15, -0.1) is 0 Å². The van der Waals surface area contributed by atoms with E-state index in [1.54, 1.807) is 0 Å². The van der Waals surface area contributed by atoms with Gasteiger partial charge in [0.15, 0.2) is 0 Å². The second-order valence-electron chi connectivity index (χ2n) is 10.9. The van der Waals surface area contributed by atoms with E-state index >= 15 is 0 Å². The van der Waals surface area contributed by atoms with Crippen molar-refractivity contribution in [1.82, 2.24) is 4.90 Å². The number of nitrogens with zero attached hydrogens (tertiary/aromatic N) is 1. The second-order valence-corrected chi connectivity index (χ2v) is 10.9. The fourth-order valence-corrected chi connectivity index (χ4v) is 4.60. The summed E-state index contributed by atoms with van der Waals surface area (Å²) in [6.07, 6.45) is 19.7. The molecule has 0 bridgehead atoms. The summed E-state index contributed by atoms with van der Waals surface area (Å²) < 4.78 is 0. The van der Waals surface area contributed by atoms with Crippen molar-refractivity contribution in [2.24, 2.45) is 17.3 Å². The van der Waals surface area contributed by atoms with Gasteiger partial charge in [0.2, 0.25) is 0 Å². The van der Waals surface area contributed by atoms with Crippen molar-refractivity contribution in [2.75, 3.05) is 19.6 Å². The minimum atomic E-state index is 0.467. The normalized spacial score (nSPS) is 14.6. The molecular weight excluding hydrogens is 338 g/mol. The van der Waals surface area contributed by atoms with Gasteiger partial charge in [-0.2, -0.15) is 0 Å². The van der Waals surface area contributed by atoms with Gasteiger partial charge >= 0.3 is 0 Å². The summed E-state index contributed by atoms with van der Waals surface area (Å²) in [6, 6.07) is 0. The highest BCUT2D eigenvalue weighted by molar-refractivity contribution is 4.71. The third-order valence-electron chi connectivity index (χ3n) is 6.29. The Morgan fingerprint density at radius 3 is 1.79 bits per heavy atom. The third kappa shape index (κ3) is 18.0. The van der Waals surface area contributed by atoms with Gasteiger partial charge in [-0.25, -0.2) is 0 Å². The first-order valence-corrected chi connectivity index (χ1v) is 13.0. The zero-order chi connectivity index (χ0) is 21.3. The number of hydrogen-bond donors (Lipinski definition) is 0. The number of rotatable bonds is 19. The zero-order valence-electron chi connectivity index (χ0n) is 21.1. The molecule has 170 valence electrons. The van der Waals surface area contributed by atoms with Gasteiger partial charge in [-0.3, -0.25) is 0 Å². The van der Waals surface area contributed by atoms with Gasteiger partial charge in [-0.05, 0) is 56.0 Å². The molecule has 0 heterocycles. The fraction of sp³-hybridized carbons (Fsp3) is 1.00. The van der Waals surface area contributed by atoms with E-state index < -0.39 is 0 Å². The first-order valence-electron chi connectivity index (χ1n) is 13.0. The summed E-state index contributed by atoms with van der Waals surface area (Å²) in [5.74, 6) is 1.75. The molecule has 28 heavy (non-hydrogen) atoms. The molecule has 2 unspecified atom stereocenters. The maximum atomic E-state index is 2.83. The lowest BCUT2D eigenvalue weighted by molar-refractivity contribution is 0.191. The molecule has 0 aromatic carbocycles. The van der Waals surface area contributed by atoms with E-state index in [-0.39, 0.29) is 0 Å². The van der Waals surface area contributed by atoms with Crippen LogP contribution in [0.5, 0.6) is 0 Å². The Labute approximate surface area is 180 Å². The van der Waals surface area contributed by atoms with Gasteiger partial charge in [0.05, 0.1) is 0 Å². The molecule has 0 saturated carbocycles. The first-order chi connectivity index (χ1) is 13.3. The van der Waals surface area contributed by atoms with E-state index in [1.807, 2.05) is 0 Å². The average molecular weight is 396 g/mol. The van der Waals surface area contributed by atoms with Crippen LogP contribution < -0.4 is 0 Å². The lowest BCUT2D eigenvalue weighted by Crippen LogP contribution is -2.32. The van der Waals surface area contributed by atoms with Crippen molar-refractivity contribution < 1.29 is 0 Å². The topological polar surface area (TPSA) is 3.24 Å². The van der Waals surface area contributed by atoms with Crippen LogP contribution in [0.1, 0.15) is 138 Å². The summed E-state index contributed by atoms with van der Waals surface area (Å²) >= 11 is 0. The van der Waals surface area contributed by atoms with E-state index in [9.17, 15) is 0 Å². The van der Waals surface area contributed by atoms with Crippen molar-refractivity contribution in [1.29, 1.82) is 0 Å². The Morgan fingerprint density at radius 1 is 0.679 bits per heavy atom. The van der Waals surface area contributed by atoms with Crippen molar-refractivity contribution in [3.63, 3.8) is 0 Å². The predicted molar refractivity (Wildman–Crippen MR) is 130 cm³/mol. The van der Waals surface area contributed by atoms with E-state index in [0.717, 1.165) is 11.8 Å². The molecule has 0 aliphatic rings. The fourth-order valence-electron chi connectivity index (χ4n) is 4.60. The summed E-state index contributed by atoms with van der Waals surface area (Å²) in [5, 5.41) is 0. The largest absolute Gasteiger partial charge is 0.303 e. The molecule has 0 spiro atoms. The van der Waals surface area contributed by atoms with Crippen LogP contribution in [0, 0.1) is 17.3 Å². The van der Waals surface area contributed by atoms with Crippen LogP contribution in [0.25, 0.3) is 0 Å². The molecule has 0 aliphatic carbocycles. The number of hydrogen-bond acceptors (Lipinski definition) is 1. The van der Waals surface area contributed by atoms with Crippen molar-refractivity contribution in [2.45, 2.75) is 138 Å². The summed E-state index contributed by atoms with van der Waals surface area (Å²) in [5.41, 5.74) is 0.467. The quantitative estimate of drug-likeness (QED) is 0.197. The van der Waals surface area contributed by atoms with Crippen molar-refractivity contribution in [3.05, 3.63) is 0 Å². The van der Waals surface area contributed by atoms with E-state index in [4.69, 9.17) is 0 Å². The van der Waals surface area contributed by atoms with Crippen LogP contribution in [0.3, 0.4) is 0 Å². The molecule has 0 rings (SSSR count). The molecule has 0 amide bonds. The predicted octanol–water partition coefficient (Wildman–Crippen LogP) is 9.11. The first kappa shape index (κ1) is 28.0. The maximum absolute atomic E-state index is 2.83. The molecule has 1 heteroatoms. The highest BCUT2D eigenvalue weighted by Gasteiger charge is 2.17. The summed E-state index contributed by atoms with van der Waals surface area (Å²) in [6.45, 7) is 20.7. The highest BCUT2D eigenvalue weighted by atomic mass is 15.1. The monoisotopic (exact) mass is 395 g/mol. The third-order valence-corrected chi connectivity index (χ3v) is 6.29. The van der Waals surface area contributed by atoms with E-state index in [2.05, 4.69) is 53.4 Å². The van der Waals surface area contributed by atoms with E-state index in [1.165, 1.54) is 110 Å². The number of unbranched alkanes of at least 4 members (excludes halogenated alkanes) is 8. The molecular formula is C27H57N. The van der Waals surface area contributed by atoms with Gasteiger partial charge in [-0.1, -0.05) is 113 Å². The van der Waals surface area contributed by atoms with Crippen LogP contribution in [0.4, 0.5) is 0 Å². The molecule has 2 atom stereocenters. The molecule has 0 aliphatic heterocycles. The maximum Gasteiger partial charge on any atom is 0.000956 e. The molecule has 0 radical (unpaired) electrons. The SMILES string of the molecule is CCCCCCCCCCN(CCC(C)CC(C)(C)C)CC(CC)CCCC. The van der Waals surface area contributed by atoms with Crippen LogP contribution in [-0.2, 0) is 0 Å².